The molecule has 158 valence electrons. The molecule has 0 heterocycles. The molecule has 4 aliphatic rings. The van der Waals surface area contributed by atoms with Crippen LogP contribution in [0.3, 0.4) is 0 Å². The summed E-state index contributed by atoms with van der Waals surface area (Å²) in [6.07, 6.45) is 4.07. The number of aliphatic carboxylic acids is 1. The van der Waals surface area contributed by atoms with Crippen molar-refractivity contribution in [2.45, 2.75) is 63.8 Å². The van der Waals surface area contributed by atoms with Crippen molar-refractivity contribution in [3.63, 3.8) is 0 Å². The first kappa shape index (κ1) is 20.3. The number of carbonyl (C=O) groups excluding carboxylic acids is 2. The van der Waals surface area contributed by atoms with E-state index in [0.717, 1.165) is 0 Å². The largest absolute Gasteiger partial charge is 0.478 e. The molecule has 0 aromatic carbocycles. The number of carboxylic acid groups (broad SMARTS) is 1. The summed E-state index contributed by atoms with van der Waals surface area (Å²) in [5, 5.41) is 21.2. The number of carboxylic acids is 1. The topological polar surface area (TPSA) is 101 Å². The second-order valence-corrected chi connectivity index (χ2v) is 9.66. The third-order valence-corrected chi connectivity index (χ3v) is 8.73. The average Bonchev–Trinajstić information content (AvgIpc) is 2.86. The Morgan fingerprint density at radius 1 is 1.34 bits per heavy atom. The fourth-order valence-corrected chi connectivity index (χ4v) is 7.36. The van der Waals surface area contributed by atoms with E-state index in [0.29, 0.717) is 24.8 Å². The molecule has 0 spiro atoms. The van der Waals surface area contributed by atoms with Crippen molar-refractivity contribution in [1.82, 2.24) is 0 Å². The van der Waals surface area contributed by atoms with Gasteiger partial charge in [-0.1, -0.05) is 25.5 Å². The molecule has 29 heavy (non-hydrogen) atoms. The van der Waals surface area contributed by atoms with Gasteiger partial charge in [0.05, 0.1) is 6.10 Å². The lowest BCUT2D eigenvalue weighted by Gasteiger charge is -2.62. The zero-order chi connectivity index (χ0) is 21.4. The Hall–Kier alpha value is -2.02. The summed E-state index contributed by atoms with van der Waals surface area (Å²) in [5.74, 6) is -2.97. The lowest BCUT2D eigenvalue weighted by molar-refractivity contribution is -0.230. The zero-order valence-electron chi connectivity index (χ0n) is 16.9. The number of hydrogen-bond donors (Lipinski definition) is 2. The van der Waals surface area contributed by atoms with Gasteiger partial charge in [0.25, 0.3) is 6.47 Å². The second-order valence-electron chi connectivity index (χ2n) is 9.66. The van der Waals surface area contributed by atoms with Crippen LogP contribution in [0, 0.1) is 28.6 Å². The second kappa shape index (κ2) is 6.00. The van der Waals surface area contributed by atoms with Crippen LogP contribution in [0.4, 0.5) is 4.39 Å². The average molecular weight is 406 g/mol. The number of aliphatic hydroxyl groups is 1. The predicted octanol–water partition coefficient (Wildman–Crippen LogP) is 2.60. The van der Waals surface area contributed by atoms with E-state index in [1.807, 2.05) is 0 Å². The molecule has 0 aliphatic heterocycles. The van der Waals surface area contributed by atoms with Gasteiger partial charge in [-0.2, -0.15) is 0 Å². The van der Waals surface area contributed by atoms with E-state index in [4.69, 9.17) is 4.74 Å². The van der Waals surface area contributed by atoms with Gasteiger partial charge in [0.2, 0.25) is 5.60 Å². The fourth-order valence-electron chi connectivity index (χ4n) is 7.36. The molecule has 0 amide bonds. The maximum Gasteiger partial charge on any atom is 0.349 e. The Balaban J connectivity index is 1.86. The quantitative estimate of drug-likeness (QED) is 0.699. The van der Waals surface area contributed by atoms with Gasteiger partial charge in [-0.05, 0) is 50.7 Å². The lowest BCUT2D eigenvalue weighted by atomic mass is 9.45. The Morgan fingerprint density at radius 3 is 2.66 bits per heavy atom. The smallest absolute Gasteiger partial charge is 0.349 e. The van der Waals surface area contributed by atoms with E-state index >= 15 is 4.39 Å². The van der Waals surface area contributed by atoms with Crippen molar-refractivity contribution in [2.24, 2.45) is 28.6 Å². The SMILES string of the molecule is C[C@@H]1C[C@H]2[C@@H]3CCC4=CC(=O)C=C[C@]4(C)[C@@]3(F)[C@@H](O)C[C@]2(C)[C@@]1(OC=O)C(=O)O. The first-order chi connectivity index (χ1) is 13.5. The maximum atomic E-state index is 16.9. The normalized spacial score (nSPS) is 50.8. The van der Waals surface area contributed by atoms with Crippen molar-refractivity contribution in [3.8, 4) is 0 Å². The molecule has 3 fully saturated rings. The minimum Gasteiger partial charge on any atom is -0.478 e. The van der Waals surface area contributed by atoms with Crippen LogP contribution < -0.4 is 0 Å². The van der Waals surface area contributed by atoms with Gasteiger partial charge in [0.1, 0.15) is 0 Å². The van der Waals surface area contributed by atoms with E-state index in [1.54, 1.807) is 26.8 Å². The highest BCUT2D eigenvalue weighted by Gasteiger charge is 2.77. The number of fused-ring (bicyclic) bond motifs is 5. The van der Waals surface area contributed by atoms with Crippen molar-refractivity contribution < 1.29 is 33.7 Å². The molecule has 0 aromatic rings. The van der Waals surface area contributed by atoms with Crippen molar-refractivity contribution in [2.75, 3.05) is 0 Å². The molecular weight excluding hydrogens is 379 g/mol. The van der Waals surface area contributed by atoms with Gasteiger partial charge < -0.3 is 14.9 Å². The number of ether oxygens (including phenoxy) is 1. The van der Waals surface area contributed by atoms with Gasteiger partial charge in [-0.3, -0.25) is 9.59 Å². The van der Waals surface area contributed by atoms with Crippen LogP contribution in [0.2, 0.25) is 0 Å². The van der Waals surface area contributed by atoms with E-state index < -0.39 is 46.0 Å². The van der Waals surface area contributed by atoms with Crippen LogP contribution in [0.15, 0.2) is 23.8 Å². The summed E-state index contributed by atoms with van der Waals surface area (Å²) in [6.45, 7) is 5.28. The van der Waals surface area contributed by atoms with Gasteiger partial charge in [-0.25, -0.2) is 9.18 Å². The summed E-state index contributed by atoms with van der Waals surface area (Å²) in [6, 6.07) is 0. The highest BCUT2D eigenvalue weighted by atomic mass is 19.1. The van der Waals surface area contributed by atoms with Crippen LogP contribution in [0.1, 0.15) is 46.5 Å². The van der Waals surface area contributed by atoms with Crippen molar-refractivity contribution >= 4 is 18.2 Å². The van der Waals surface area contributed by atoms with Crippen LogP contribution >= 0.6 is 0 Å². The number of rotatable bonds is 3. The molecule has 0 unspecified atom stereocenters. The van der Waals surface area contributed by atoms with Gasteiger partial charge >= 0.3 is 5.97 Å². The Kier molecular flexibility index (Phi) is 4.19. The van der Waals surface area contributed by atoms with Gasteiger partial charge in [0.15, 0.2) is 11.5 Å². The molecule has 3 saturated carbocycles. The molecule has 6 nitrogen and oxygen atoms in total. The third kappa shape index (κ3) is 2.12. The molecular formula is C22H27FO6. The monoisotopic (exact) mass is 406 g/mol. The number of ketones is 1. The number of alkyl halides is 1. The number of halogens is 1. The van der Waals surface area contributed by atoms with E-state index in [1.165, 1.54) is 12.2 Å². The van der Waals surface area contributed by atoms with Crippen LogP contribution in [0.25, 0.3) is 0 Å². The standard InChI is InChI=1S/C22H27FO6/c1-12-8-16-15-5-4-13-9-14(25)6-7-19(13,2)21(15,23)17(26)10-20(16,3)22(12,18(27)28)29-11-24/h6-7,9,11-12,15-17,26H,4-5,8,10H2,1-3H3,(H,27,28)/t12-,15+,16+,17+,19+,20+,21+,22+/m1/s1. The lowest BCUT2D eigenvalue weighted by Crippen LogP contribution is -2.69. The number of aliphatic hydroxyl groups excluding tert-OH is 1. The minimum atomic E-state index is -2.03. The highest BCUT2D eigenvalue weighted by Crippen LogP contribution is 2.71. The first-order valence-electron chi connectivity index (χ1n) is 10.1. The van der Waals surface area contributed by atoms with E-state index in [9.17, 15) is 24.6 Å². The highest BCUT2D eigenvalue weighted by molar-refractivity contribution is 6.01. The molecule has 2 N–H and O–H groups in total. The van der Waals surface area contributed by atoms with Crippen molar-refractivity contribution in [1.29, 1.82) is 0 Å². The molecule has 7 heteroatoms. The summed E-state index contributed by atoms with van der Waals surface area (Å²) in [7, 11) is 0. The maximum absolute atomic E-state index is 16.9. The predicted molar refractivity (Wildman–Crippen MR) is 100 cm³/mol. The Labute approximate surface area is 168 Å². The Bertz CT molecular complexity index is 850. The molecule has 0 radical (unpaired) electrons. The van der Waals surface area contributed by atoms with Crippen LogP contribution in [-0.4, -0.2) is 45.8 Å². The summed E-state index contributed by atoms with van der Waals surface area (Å²) in [5.41, 5.74) is -5.41. The minimum absolute atomic E-state index is 0.139. The van der Waals surface area contributed by atoms with Crippen LogP contribution in [0.5, 0.6) is 0 Å². The summed E-state index contributed by atoms with van der Waals surface area (Å²) >= 11 is 0. The molecule has 4 aliphatic carbocycles. The van der Waals surface area contributed by atoms with E-state index in [2.05, 4.69) is 0 Å². The fraction of sp³-hybridized carbons (Fsp3) is 0.682. The number of allylic oxidation sites excluding steroid dienone is 4. The van der Waals surface area contributed by atoms with E-state index in [-0.39, 0.29) is 24.6 Å². The Morgan fingerprint density at radius 2 is 2.03 bits per heavy atom. The van der Waals surface area contributed by atoms with Crippen LogP contribution in [-0.2, 0) is 19.1 Å². The summed E-state index contributed by atoms with van der Waals surface area (Å²) < 4.78 is 22.2. The first-order valence-corrected chi connectivity index (χ1v) is 10.1. The number of carbonyl (C=O) groups is 3. The summed E-state index contributed by atoms with van der Waals surface area (Å²) in [4.78, 5) is 35.5. The van der Waals surface area contributed by atoms with Gasteiger partial charge in [0, 0.05) is 22.7 Å². The number of hydrogen-bond acceptors (Lipinski definition) is 5. The van der Waals surface area contributed by atoms with Gasteiger partial charge in [-0.15, -0.1) is 0 Å². The molecule has 8 atom stereocenters. The molecule has 0 saturated heterocycles. The zero-order valence-corrected chi connectivity index (χ0v) is 16.9. The third-order valence-electron chi connectivity index (χ3n) is 8.73. The molecule has 0 bridgehead atoms. The molecule has 0 aromatic heterocycles. The molecule has 4 rings (SSSR count). The van der Waals surface area contributed by atoms with Crippen molar-refractivity contribution in [3.05, 3.63) is 23.8 Å².